The molecular formula is C10H15BrN2O2. The zero-order valence-electron chi connectivity index (χ0n) is 8.70. The van der Waals surface area contributed by atoms with Crippen LogP contribution in [0.15, 0.2) is 21.7 Å². The summed E-state index contributed by atoms with van der Waals surface area (Å²) in [6.07, 6.45) is 4.35. The highest BCUT2D eigenvalue weighted by atomic mass is 79.9. The fourth-order valence-corrected chi connectivity index (χ4v) is 1.65. The molecule has 4 nitrogen and oxygen atoms in total. The predicted molar refractivity (Wildman–Crippen MR) is 63.9 cm³/mol. The maximum absolute atomic E-state index is 11.3. The van der Waals surface area contributed by atoms with Crippen molar-refractivity contribution in [3.8, 4) is 0 Å². The number of nitrogen functional groups attached to an aromatic ring is 1. The van der Waals surface area contributed by atoms with Crippen LogP contribution in [0, 0.1) is 0 Å². The van der Waals surface area contributed by atoms with Crippen LogP contribution in [0.25, 0.3) is 0 Å². The van der Waals surface area contributed by atoms with Gasteiger partial charge in [0.2, 0.25) is 5.43 Å². The molecule has 15 heavy (non-hydrogen) atoms. The van der Waals surface area contributed by atoms with E-state index in [9.17, 15) is 4.79 Å². The summed E-state index contributed by atoms with van der Waals surface area (Å²) in [5, 5.41) is 0. The van der Waals surface area contributed by atoms with E-state index in [0.29, 0.717) is 17.6 Å². The van der Waals surface area contributed by atoms with Crippen LogP contribution in [0.5, 0.6) is 0 Å². The zero-order chi connectivity index (χ0) is 11.3. The van der Waals surface area contributed by atoms with Gasteiger partial charge in [0, 0.05) is 25.5 Å². The molecule has 0 aliphatic carbocycles. The zero-order valence-corrected chi connectivity index (χ0v) is 10.3. The fraction of sp³-hybridized carbons (Fsp3) is 0.500. The highest BCUT2D eigenvalue weighted by Gasteiger charge is 2.01. The van der Waals surface area contributed by atoms with Crippen LogP contribution in [0.4, 0.5) is 5.69 Å². The molecule has 1 heterocycles. The average molecular weight is 275 g/mol. The van der Waals surface area contributed by atoms with E-state index in [4.69, 9.17) is 10.5 Å². The molecule has 0 atom stereocenters. The monoisotopic (exact) mass is 274 g/mol. The van der Waals surface area contributed by atoms with Crippen molar-refractivity contribution in [2.45, 2.75) is 19.9 Å². The van der Waals surface area contributed by atoms with Gasteiger partial charge in [-0.2, -0.15) is 0 Å². The molecule has 2 N–H and O–H groups in total. The number of pyridine rings is 1. The third-order valence-electron chi connectivity index (χ3n) is 1.91. The Morgan fingerprint density at radius 3 is 2.80 bits per heavy atom. The fourth-order valence-electron chi connectivity index (χ4n) is 1.16. The molecule has 0 saturated carbocycles. The summed E-state index contributed by atoms with van der Waals surface area (Å²) >= 11 is 3.17. The molecule has 1 rings (SSSR count). The number of rotatable bonds is 5. The van der Waals surface area contributed by atoms with Crippen LogP contribution in [0.3, 0.4) is 0 Å². The van der Waals surface area contributed by atoms with Gasteiger partial charge in [0.1, 0.15) is 0 Å². The molecule has 0 aromatic carbocycles. The Bertz CT molecular complexity index is 350. The number of nitrogens with two attached hydrogens (primary N) is 1. The first-order valence-corrected chi connectivity index (χ1v) is 5.67. The lowest BCUT2D eigenvalue weighted by molar-refractivity contribution is 0.127. The van der Waals surface area contributed by atoms with Gasteiger partial charge >= 0.3 is 0 Å². The molecule has 0 spiro atoms. The van der Waals surface area contributed by atoms with E-state index in [1.807, 2.05) is 4.57 Å². The largest absolute Gasteiger partial charge is 0.394 e. The topological polar surface area (TPSA) is 57.2 Å². The summed E-state index contributed by atoms with van der Waals surface area (Å²) in [5.74, 6) is 0. The van der Waals surface area contributed by atoms with E-state index >= 15 is 0 Å². The number of nitrogens with zero attached hydrogens (tertiary/aromatic N) is 1. The second-order valence-corrected chi connectivity index (χ2v) is 4.10. The van der Waals surface area contributed by atoms with Gasteiger partial charge in [-0.1, -0.05) is 6.92 Å². The number of anilines is 1. The van der Waals surface area contributed by atoms with Gasteiger partial charge in [0.05, 0.1) is 16.8 Å². The lowest BCUT2D eigenvalue weighted by atomic mass is 10.4. The molecule has 0 amide bonds. The van der Waals surface area contributed by atoms with E-state index < -0.39 is 0 Å². The van der Waals surface area contributed by atoms with Crippen molar-refractivity contribution in [2.24, 2.45) is 0 Å². The molecule has 0 bridgehead atoms. The summed E-state index contributed by atoms with van der Waals surface area (Å²) in [6, 6.07) is 0. The van der Waals surface area contributed by atoms with Gasteiger partial charge < -0.3 is 15.0 Å². The SMILES string of the molecule is CCCOCCn1cc(N)c(=O)c(Br)c1. The third-order valence-corrected chi connectivity index (χ3v) is 2.47. The molecule has 0 aliphatic rings. The van der Waals surface area contributed by atoms with Gasteiger partial charge in [-0.05, 0) is 22.4 Å². The molecule has 1 aromatic rings. The summed E-state index contributed by atoms with van der Waals surface area (Å²) < 4.78 is 7.67. The average Bonchev–Trinajstić information content (AvgIpc) is 2.21. The maximum atomic E-state index is 11.3. The summed E-state index contributed by atoms with van der Waals surface area (Å²) in [6.45, 7) is 4.15. The first-order valence-electron chi connectivity index (χ1n) is 4.88. The van der Waals surface area contributed by atoms with E-state index in [-0.39, 0.29) is 11.1 Å². The van der Waals surface area contributed by atoms with E-state index in [1.165, 1.54) is 0 Å². The van der Waals surface area contributed by atoms with Crippen molar-refractivity contribution in [2.75, 3.05) is 18.9 Å². The first-order chi connectivity index (χ1) is 7.15. The van der Waals surface area contributed by atoms with E-state index in [1.54, 1.807) is 12.4 Å². The van der Waals surface area contributed by atoms with Crippen LogP contribution < -0.4 is 11.2 Å². The van der Waals surface area contributed by atoms with Gasteiger partial charge in [-0.3, -0.25) is 4.79 Å². The van der Waals surface area contributed by atoms with Crippen LogP contribution in [-0.2, 0) is 11.3 Å². The highest BCUT2D eigenvalue weighted by Crippen LogP contribution is 2.05. The van der Waals surface area contributed by atoms with Gasteiger partial charge in [-0.25, -0.2) is 0 Å². The van der Waals surface area contributed by atoms with Crippen LogP contribution >= 0.6 is 15.9 Å². The number of ether oxygens (including phenoxy) is 1. The van der Waals surface area contributed by atoms with Gasteiger partial charge in [0.15, 0.2) is 0 Å². The summed E-state index contributed by atoms with van der Waals surface area (Å²) in [4.78, 5) is 11.3. The molecule has 0 aliphatic heterocycles. The molecule has 84 valence electrons. The third kappa shape index (κ3) is 3.68. The smallest absolute Gasteiger partial charge is 0.218 e. The van der Waals surface area contributed by atoms with Crippen molar-refractivity contribution in [1.82, 2.24) is 4.57 Å². The Morgan fingerprint density at radius 2 is 2.20 bits per heavy atom. The van der Waals surface area contributed by atoms with Crippen LogP contribution in [-0.4, -0.2) is 17.8 Å². The van der Waals surface area contributed by atoms with Gasteiger partial charge in [0.25, 0.3) is 0 Å². The second kappa shape index (κ2) is 5.92. The number of aromatic nitrogens is 1. The summed E-state index contributed by atoms with van der Waals surface area (Å²) in [5.41, 5.74) is 5.63. The number of hydrogen-bond acceptors (Lipinski definition) is 3. The highest BCUT2D eigenvalue weighted by molar-refractivity contribution is 9.10. The Morgan fingerprint density at radius 1 is 1.47 bits per heavy atom. The molecule has 0 unspecified atom stereocenters. The minimum absolute atomic E-state index is 0.166. The quantitative estimate of drug-likeness (QED) is 0.831. The molecule has 0 saturated heterocycles. The minimum atomic E-state index is -0.166. The van der Waals surface area contributed by atoms with E-state index in [0.717, 1.165) is 13.0 Å². The van der Waals surface area contributed by atoms with Gasteiger partial charge in [-0.15, -0.1) is 0 Å². The van der Waals surface area contributed by atoms with Crippen molar-refractivity contribution >= 4 is 21.6 Å². The Hall–Kier alpha value is -0.810. The number of hydrogen-bond donors (Lipinski definition) is 1. The lowest BCUT2D eigenvalue weighted by Gasteiger charge is -2.08. The first kappa shape index (κ1) is 12.3. The Kier molecular flexibility index (Phi) is 4.84. The molecule has 5 heteroatoms. The second-order valence-electron chi connectivity index (χ2n) is 3.24. The predicted octanol–water partition coefficient (Wildman–Crippen LogP) is 1.62. The van der Waals surface area contributed by atoms with Crippen molar-refractivity contribution in [3.05, 3.63) is 27.1 Å². The standard InChI is InChI=1S/C10H15BrN2O2/c1-2-4-15-5-3-13-6-8(11)10(14)9(12)7-13/h6-7H,2-5,12H2,1H3. The van der Waals surface area contributed by atoms with E-state index in [2.05, 4.69) is 22.9 Å². The Labute approximate surface area is 97.2 Å². The molecular weight excluding hydrogens is 260 g/mol. The number of halogens is 1. The summed E-state index contributed by atoms with van der Waals surface area (Å²) in [7, 11) is 0. The van der Waals surface area contributed by atoms with Crippen molar-refractivity contribution in [1.29, 1.82) is 0 Å². The van der Waals surface area contributed by atoms with Crippen LogP contribution in [0.2, 0.25) is 0 Å². The van der Waals surface area contributed by atoms with Crippen LogP contribution in [0.1, 0.15) is 13.3 Å². The lowest BCUT2D eigenvalue weighted by Crippen LogP contribution is -2.15. The molecule has 0 fully saturated rings. The molecule has 0 radical (unpaired) electrons. The van der Waals surface area contributed by atoms with Crippen molar-refractivity contribution < 1.29 is 4.74 Å². The molecule has 1 aromatic heterocycles. The normalized spacial score (nSPS) is 10.5. The maximum Gasteiger partial charge on any atom is 0.218 e. The van der Waals surface area contributed by atoms with Crippen molar-refractivity contribution in [3.63, 3.8) is 0 Å². The Balaban J connectivity index is 2.59. The minimum Gasteiger partial charge on any atom is -0.394 e.